The van der Waals surface area contributed by atoms with Crippen molar-refractivity contribution in [3.05, 3.63) is 59.6 Å². The SMILES string of the molecule is CC(C)(C)c1conc1CNCc1cc(-c2ccccc2)n[nH]1. The lowest BCUT2D eigenvalue weighted by molar-refractivity contribution is 0.407. The normalized spacial score (nSPS) is 11.8. The molecule has 2 N–H and O–H groups in total. The number of aromatic nitrogens is 3. The Balaban J connectivity index is 1.60. The predicted molar refractivity (Wildman–Crippen MR) is 89.8 cm³/mol. The topological polar surface area (TPSA) is 66.7 Å². The Kier molecular flexibility index (Phi) is 4.30. The van der Waals surface area contributed by atoms with Crippen LogP contribution in [-0.2, 0) is 18.5 Å². The fraction of sp³-hybridized carbons (Fsp3) is 0.333. The first kappa shape index (κ1) is 15.5. The fourth-order valence-electron chi connectivity index (χ4n) is 2.52. The highest BCUT2D eigenvalue weighted by atomic mass is 16.5. The van der Waals surface area contributed by atoms with Crippen molar-refractivity contribution in [2.75, 3.05) is 0 Å². The summed E-state index contributed by atoms with van der Waals surface area (Å²) in [5.41, 5.74) is 5.25. The molecule has 0 unspecified atom stereocenters. The van der Waals surface area contributed by atoms with E-state index in [-0.39, 0.29) is 5.41 Å². The molecular weight excluding hydrogens is 288 g/mol. The second kappa shape index (κ2) is 6.38. The van der Waals surface area contributed by atoms with Crippen molar-refractivity contribution in [1.82, 2.24) is 20.7 Å². The van der Waals surface area contributed by atoms with Gasteiger partial charge < -0.3 is 9.84 Å². The molecule has 0 spiro atoms. The van der Waals surface area contributed by atoms with E-state index in [1.807, 2.05) is 18.2 Å². The maximum absolute atomic E-state index is 5.13. The minimum Gasteiger partial charge on any atom is -0.364 e. The molecule has 3 aromatic rings. The van der Waals surface area contributed by atoms with Crippen LogP contribution in [0.15, 0.2) is 47.2 Å². The van der Waals surface area contributed by atoms with Gasteiger partial charge in [0.25, 0.3) is 0 Å². The Labute approximate surface area is 136 Å². The van der Waals surface area contributed by atoms with E-state index in [2.05, 4.69) is 59.6 Å². The monoisotopic (exact) mass is 310 g/mol. The highest BCUT2D eigenvalue weighted by Gasteiger charge is 2.21. The Hall–Kier alpha value is -2.40. The minimum atomic E-state index is 0.0332. The number of nitrogens with one attached hydrogen (secondary N) is 2. The highest BCUT2D eigenvalue weighted by molar-refractivity contribution is 5.58. The van der Waals surface area contributed by atoms with Gasteiger partial charge in [-0.1, -0.05) is 56.3 Å². The number of H-pyrrole nitrogens is 1. The average Bonchev–Trinajstić information content (AvgIpc) is 3.17. The summed E-state index contributed by atoms with van der Waals surface area (Å²) in [4.78, 5) is 0. The third-order valence-corrected chi connectivity index (χ3v) is 3.76. The largest absolute Gasteiger partial charge is 0.364 e. The molecule has 0 bridgehead atoms. The molecule has 2 heterocycles. The van der Waals surface area contributed by atoms with Gasteiger partial charge in [0.2, 0.25) is 0 Å². The van der Waals surface area contributed by atoms with Crippen LogP contribution in [0.3, 0.4) is 0 Å². The summed E-state index contributed by atoms with van der Waals surface area (Å²) >= 11 is 0. The number of nitrogens with zero attached hydrogens (tertiary/aromatic N) is 2. The molecule has 0 atom stereocenters. The summed E-state index contributed by atoms with van der Waals surface area (Å²) in [5, 5.41) is 14.9. The maximum atomic E-state index is 5.13. The zero-order valence-corrected chi connectivity index (χ0v) is 13.8. The molecule has 120 valence electrons. The molecule has 0 aliphatic heterocycles. The van der Waals surface area contributed by atoms with E-state index < -0.39 is 0 Å². The zero-order chi connectivity index (χ0) is 16.3. The summed E-state index contributed by atoms with van der Waals surface area (Å²) in [6.45, 7) is 7.84. The molecule has 0 aliphatic carbocycles. The maximum Gasteiger partial charge on any atom is 0.127 e. The smallest absolute Gasteiger partial charge is 0.127 e. The minimum absolute atomic E-state index is 0.0332. The van der Waals surface area contributed by atoms with Crippen LogP contribution in [0, 0.1) is 0 Å². The molecule has 3 rings (SSSR count). The highest BCUT2D eigenvalue weighted by Crippen LogP contribution is 2.25. The molecule has 1 aromatic carbocycles. The van der Waals surface area contributed by atoms with Crippen LogP contribution in [0.5, 0.6) is 0 Å². The summed E-state index contributed by atoms with van der Waals surface area (Å²) < 4.78 is 5.13. The summed E-state index contributed by atoms with van der Waals surface area (Å²) in [6, 6.07) is 12.2. The molecule has 0 saturated carbocycles. The van der Waals surface area contributed by atoms with Gasteiger partial charge in [0.1, 0.15) is 12.0 Å². The molecule has 23 heavy (non-hydrogen) atoms. The van der Waals surface area contributed by atoms with Gasteiger partial charge in [0, 0.05) is 29.9 Å². The van der Waals surface area contributed by atoms with Crippen molar-refractivity contribution in [3.63, 3.8) is 0 Å². The zero-order valence-electron chi connectivity index (χ0n) is 13.8. The van der Waals surface area contributed by atoms with Gasteiger partial charge >= 0.3 is 0 Å². The number of rotatable bonds is 5. The van der Waals surface area contributed by atoms with E-state index in [1.165, 1.54) is 0 Å². The second-order valence-corrected chi connectivity index (χ2v) is 6.67. The molecule has 2 aromatic heterocycles. The Morgan fingerprint density at radius 3 is 2.65 bits per heavy atom. The van der Waals surface area contributed by atoms with Crippen LogP contribution < -0.4 is 5.32 Å². The molecule has 5 heteroatoms. The Bertz CT molecular complexity index is 753. The van der Waals surface area contributed by atoms with E-state index in [9.17, 15) is 0 Å². The van der Waals surface area contributed by atoms with Crippen LogP contribution in [0.1, 0.15) is 37.7 Å². The Morgan fingerprint density at radius 2 is 1.91 bits per heavy atom. The van der Waals surface area contributed by atoms with Crippen LogP contribution in [-0.4, -0.2) is 15.4 Å². The van der Waals surface area contributed by atoms with Gasteiger partial charge in [0.15, 0.2) is 0 Å². The predicted octanol–water partition coefficient (Wildman–Crippen LogP) is 3.65. The lowest BCUT2D eigenvalue weighted by Crippen LogP contribution is -2.18. The quantitative estimate of drug-likeness (QED) is 0.755. The van der Waals surface area contributed by atoms with Crippen LogP contribution >= 0.6 is 0 Å². The first-order chi connectivity index (χ1) is 11.0. The average molecular weight is 310 g/mol. The van der Waals surface area contributed by atoms with Crippen molar-refractivity contribution < 1.29 is 4.52 Å². The van der Waals surface area contributed by atoms with Gasteiger partial charge in [-0.2, -0.15) is 5.10 Å². The number of benzene rings is 1. The second-order valence-electron chi connectivity index (χ2n) is 6.67. The fourth-order valence-corrected chi connectivity index (χ4v) is 2.52. The molecule has 0 amide bonds. The van der Waals surface area contributed by atoms with E-state index in [1.54, 1.807) is 6.26 Å². The van der Waals surface area contributed by atoms with Crippen molar-refractivity contribution in [2.24, 2.45) is 0 Å². The van der Waals surface area contributed by atoms with Crippen LogP contribution in [0.2, 0.25) is 0 Å². The third-order valence-electron chi connectivity index (χ3n) is 3.76. The van der Waals surface area contributed by atoms with Crippen molar-refractivity contribution in [3.8, 4) is 11.3 Å². The lowest BCUT2D eigenvalue weighted by Gasteiger charge is -2.17. The number of aromatic amines is 1. The number of hydrogen-bond acceptors (Lipinski definition) is 4. The number of hydrogen-bond donors (Lipinski definition) is 2. The van der Waals surface area contributed by atoms with Gasteiger partial charge in [-0.05, 0) is 11.5 Å². The van der Waals surface area contributed by atoms with Gasteiger partial charge in [-0.25, -0.2) is 0 Å². The molecule has 0 aliphatic rings. The summed E-state index contributed by atoms with van der Waals surface area (Å²) in [7, 11) is 0. The Morgan fingerprint density at radius 1 is 1.13 bits per heavy atom. The lowest BCUT2D eigenvalue weighted by atomic mass is 9.87. The van der Waals surface area contributed by atoms with Crippen LogP contribution in [0.4, 0.5) is 0 Å². The summed E-state index contributed by atoms with van der Waals surface area (Å²) in [5.74, 6) is 0. The van der Waals surface area contributed by atoms with Gasteiger partial charge in [0.05, 0.1) is 5.69 Å². The van der Waals surface area contributed by atoms with Crippen molar-refractivity contribution in [2.45, 2.75) is 39.3 Å². The van der Waals surface area contributed by atoms with Crippen molar-refractivity contribution >= 4 is 0 Å². The van der Waals surface area contributed by atoms with E-state index >= 15 is 0 Å². The summed E-state index contributed by atoms with van der Waals surface area (Å²) in [6.07, 6.45) is 1.74. The molecule has 0 fully saturated rings. The van der Waals surface area contributed by atoms with Gasteiger partial charge in [-0.3, -0.25) is 5.10 Å². The van der Waals surface area contributed by atoms with Crippen molar-refractivity contribution in [1.29, 1.82) is 0 Å². The molecule has 0 radical (unpaired) electrons. The third kappa shape index (κ3) is 3.68. The van der Waals surface area contributed by atoms with Gasteiger partial charge in [-0.15, -0.1) is 0 Å². The van der Waals surface area contributed by atoms with E-state index in [0.29, 0.717) is 13.1 Å². The van der Waals surface area contributed by atoms with Crippen LogP contribution in [0.25, 0.3) is 11.3 Å². The first-order valence-corrected chi connectivity index (χ1v) is 7.78. The standard InChI is InChI=1S/C18H22N4O/c1-18(2,3)15-12-23-22-17(15)11-19-10-14-9-16(21-20-14)13-7-5-4-6-8-13/h4-9,12,19H,10-11H2,1-3H3,(H,20,21). The van der Waals surface area contributed by atoms with E-state index in [4.69, 9.17) is 4.52 Å². The first-order valence-electron chi connectivity index (χ1n) is 7.78. The molecule has 5 nitrogen and oxygen atoms in total. The molecule has 0 saturated heterocycles. The van der Waals surface area contributed by atoms with E-state index in [0.717, 1.165) is 28.2 Å². The molecular formula is C18H22N4O.